The van der Waals surface area contributed by atoms with E-state index in [1.807, 2.05) is 13.1 Å². The first-order valence-electron chi connectivity index (χ1n) is 8.82. The van der Waals surface area contributed by atoms with E-state index >= 15 is 0 Å². The SMILES string of the molecule is CN(CCC(=O)NC=O)c1nn(C)c2cc(C3CCNCC3)c(F)cc12. The molecule has 0 atom stereocenters. The highest BCUT2D eigenvalue weighted by molar-refractivity contribution is 5.92. The molecule has 1 aromatic heterocycles. The highest BCUT2D eigenvalue weighted by Crippen LogP contribution is 2.33. The number of rotatable bonds is 6. The number of nitrogens with one attached hydrogen (secondary N) is 2. The highest BCUT2D eigenvalue weighted by Gasteiger charge is 2.22. The van der Waals surface area contributed by atoms with Crippen molar-refractivity contribution in [1.29, 1.82) is 0 Å². The molecule has 26 heavy (non-hydrogen) atoms. The van der Waals surface area contributed by atoms with E-state index in [1.54, 1.807) is 22.7 Å². The molecule has 1 fully saturated rings. The third kappa shape index (κ3) is 3.70. The Morgan fingerprint density at radius 2 is 2.19 bits per heavy atom. The monoisotopic (exact) mass is 361 g/mol. The Balaban J connectivity index is 1.87. The van der Waals surface area contributed by atoms with Gasteiger partial charge in [-0.1, -0.05) is 0 Å². The zero-order valence-electron chi connectivity index (χ0n) is 15.1. The molecule has 2 amide bonds. The molecule has 2 heterocycles. The number of halogens is 1. The van der Waals surface area contributed by atoms with Crippen LogP contribution in [0.4, 0.5) is 10.2 Å². The summed E-state index contributed by atoms with van der Waals surface area (Å²) in [5.41, 5.74) is 1.63. The molecule has 8 heteroatoms. The van der Waals surface area contributed by atoms with Crippen LogP contribution in [0.5, 0.6) is 0 Å². The molecule has 140 valence electrons. The van der Waals surface area contributed by atoms with Gasteiger partial charge in [-0.15, -0.1) is 0 Å². The Bertz CT molecular complexity index is 814. The number of fused-ring (bicyclic) bond motifs is 1. The standard InChI is InChI=1S/C18H24FN5O2/c1-23(8-5-17(26)21-11-25)18-14-9-15(19)13(10-16(14)24(2)22-18)12-3-6-20-7-4-12/h9-12,20H,3-8H2,1-2H3,(H,21,25,26). The summed E-state index contributed by atoms with van der Waals surface area (Å²) in [6.07, 6.45) is 2.39. The van der Waals surface area contributed by atoms with Crippen molar-refractivity contribution >= 4 is 29.0 Å². The number of hydrogen-bond donors (Lipinski definition) is 2. The van der Waals surface area contributed by atoms with Crippen molar-refractivity contribution in [3.8, 4) is 0 Å². The van der Waals surface area contributed by atoms with Crippen molar-refractivity contribution in [3.05, 3.63) is 23.5 Å². The number of carbonyl (C=O) groups is 2. The molecule has 1 saturated heterocycles. The Kier molecular flexibility index (Phi) is 5.51. The van der Waals surface area contributed by atoms with Crippen molar-refractivity contribution < 1.29 is 14.0 Å². The van der Waals surface area contributed by atoms with Crippen molar-refractivity contribution in [2.75, 3.05) is 31.6 Å². The lowest BCUT2D eigenvalue weighted by molar-refractivity contribution is -0.125. The van der Waals surface area contributed by atoms with E-state index in [-0.39, 0.29) is 24.1 Å². The zero-order chi connectivity index (χ0) is 18.7. The molecule has 0 unspecified atom stereocenters. The number of aryl methyl sites for hydroxylation is 1. The number of piperidine rings is 1. The van der Waals surface area contributed by atoms with Crippen LogP contribution < -0.4 is 15.5 Å². The third-order valence-corrected chi connectivity index (χ3v) is 4.98. The lowest BCUT2D eigenvalue weighted by Gasteiger charge is -2.23. The largest absolute Gasteiger partial charge is 0.357 e. The number of benzene rings is 1. The summed E-state index contributed by atoms with van der Waals surface area (Å²) in [6.45, 7) is 2.19. The predicted octanol–water partition coefficient (Wildman–Crippen LogP) is 1.28. The summed E-state index contributed by atoms with van der Waals surface area (Å²) < 4.78 is 16.5. The van der Waals surface area contributed by atoms with E-state index in [0.717, 1.165) is 42.4 Å². The molecule has 0 saturated carbocycles. The Hall–Kier alpha value is -2.48. The molecule has 0 aliphatic carbocycles. The smallest absolute Gasteiger partial charge is 0.228 e. The third-order valence-electron chi connectivity index (χ3n) is 4.98. The van der Waals surface area contributed by atoms with Gasteiger partial charge in [-0.2, -0.15) is 5.10 Å². The summed E-state index contributed by atoms with van der Waals surface area (Å²) >= 11 is 0. The number of hydrogen-bond acceptors (Lipinski definition) is 5. The Morgan fingerprint density at radius 3 is 2.88 bits per heavy atom. The van der Waals surface area contributed by atoms with Crippen LogP contribution in [-0.2, 0) is 16.6 Å². The molecule has 0 radical (unpaired) electrons. The van der Waals surface area contributed by atoms with Gasteiger partial charge in [-0.05, 0) is 49.5 Å². The lowest BCUT2D eigenvalue weighted by Crippen LogP contribution is -2.28. The average Bonchev–Trinajstić information content (AvgIpc) is 2.96. The Morgan fingerprint density at radius 1 is 1.46 bits per heavy atom. The van der Waals surface area contributed by atoms with E-state index in [9.17, 15) is 14.0 Å². The van der Waals surface area contributed by atoms with Crippen LogP contribution in [0.2, 0.25) is 0 Å². The number of amides is 2. The van der Waals surface area contributed by atoms with Gasteiger partial charge < -0.3 is 10.2 Å². The molecular formula is C18H24FN5O2. The maximum Gasteiger partial charge on any atom is 0.228 e. The van der Waals surface area contributed by atoms with Gasteiger partial charge in [0, 0.05) is 32.4 Å². The van der Waals surface area contributed by atoms with Crippen LogP contribution in [0.15, 0.2) is 12.1 Å². The molecule has 0 spiro atoms. The van der Waals surface area contributed by atoms with Crippen LogP contribution in [0.1, 0.15) is 30.7 Å². The summed E-state index contributed by atoms with van der Waals surface area (Å²) in [5, 5.41) is 10.6. The predicted molar refractivity (Wildman–Crippen MR) is 97.6 cm³/mol. The number of aromatic nitrogens is 2. The minimum Gasteiger partial charge on any atom is -0.357 e. The quantitative estimate of drug-likeness (QED) is 0.758. The second-order valence-electron chi connectivity index (χ2n) is 6.72. The van der Waals surface area contributed by atoms with Crippen molar-refractivity contribution in [2.45, 2.75) is 25.2 Å². The summed E-state index contributed by atoms with van der Waals surface area (Å²) in [6, 6.07) is 3.46. The minimum absolute atomic E-state index is 0.156. The summed E-state index contributed by atoms with van der Waals surface area (Å²) in [5.74, 6) is 0.290. The number of nitrogens with zero attached hydrogens (tertiary/aromatic N) is 3. The fourth-order valence-electron chi connectivity index (χ4n) is 3.52. The van der Waals surface area contributed by atoms with E-state index in [2.05, 4.69) is 15.7 Å². The second-order valence-corrected chi connectivity index (χ2v) is 6.72. The fraction of sp³-hybridized carbons (Fsp3) is 0.500. The second kappa shape index (κ2) is 7.82. The van der Waals surface area contributed by atoms with Crippen LogP contribution >= 0.6 is 0 Å². The lowest BCUT2D eigenvalue weighted by atomic mass is 9.89. The van der Waals surface area contributed by atoms with Gasteiger partial charge >= 0.3 is 0 Å². The fourth-order valence-corrected chi connectivity index (χ4v) is 3.52. The molecule has 2 N–H and O–H groups in total. The minimum atomic E-state index is -0.355. The molecule has 1 aromatic carbocycles. The molecule has 7 nitrogen and oxygen atoms in total. The zero-order valence-corrected chi connectivity index (χ0v) is 15.1. The molecule has 1 aliphatic heterocycles. The molecule has 2 aromatic rings. The topological polar surface area (TPSA) is 79.3 Å². The van der Waals surface area contributed by atoms with Gasteiger partial charge in [-0.3, -0.25) is 19.6 Å². The van der Waals surface area contributed by atoms with E-state index in [0.29, 0.717) is 18.8 Å². The number of imide groups is 1. The van der Waals surface area contributed by atoms with Crippen LogP contribution in [0.25, 0.3) is 10.9 Å². The molecule has 3 rings (SSSR count). The summed E-state index contributed by atoms with van der Waals surface area (Å²) in [4.78, 5) is 23.6. The number of anilines is 1. The van der Waals surface area contributed by atoms with Gasteiger partial charge in [-0.25, -0.2) is 4.39 Å². The van der Waals surface area contributed by atoms with Crippen molar-refractivity contribution in [1.82, 2.24) is 20.4 Å². The van der Waals surface area contributed by atoms with E-state index in [1.165, 1.54) is 0 Å². The molecule has 1 aliphatic rings. The van der Waals surface area contributed by atoms with Gasteiger partial charge in [0.05, 0.1) is 5.52 Å². The van der Waals surface area contributed by atoms with Gasteiger partial charge in [0.2, 0.25) is 12.3 Å². The van der Waals surface area contributed by atoms with Gasteiger partial charge in [0.15, 0.2) is 5.82 Å². The van der Waals surface area contributed by atoms with Gasteiger partial charge in [0.25, 0.3) is 0 Å². The first-order valence-corrected chi connectivity index (χ1v) is 8.82. The summed E-state index contributed by atoms with van der Waals surface area (Å²) in [7, 11) is 3.64. The Labute approximate surface area is 151 Å². The van der Waals surface area contributed by atoms with E-state index < -0.39 is 0 Å². The average molecular weight is 361 g/mol. The van der Waals surface area contributed by atoms with Crippen molar-refractivity contribution in [2.24, 2.45) is 7.05 Å². The van der Waals surface area contributed by atoms with Crippen LogP contribution in [-0.4, -0.2) is 48.8 Å². The first kappa shape index (κ1) is 18.3. The van der Waals surface area contributed by atoms with Crippen molar-refractivity contribution in [3.63, 3.8) is 0 Å². The maximum atomic E-state index is 14.8. The first-order chi connectivity index (χ1) is 12.5. The normalized spacial score (nSPS) is 15.2. The van der Waals surface area contributed by atoms with Crippen LogP contribution in [0, 0.1) is 5.82 Å². The number of carbonyl (C=O) groups excluding carboxylic acids is 2. The van der Waals surface area contributed by atoms with Crippen LogP contribution in [0.3, 0.4) is 0 Å². The molecular weight excluding hydrogens is 337 g/mol. The van der Waals surface area contributed by atoms with Gasteiger partial charge in [0.1, 0.15) is 5.82 Å². The molecule has 0 bridgehead atoms. The van der Waals surface area contributed by atoms with E-state index in [4.69, 9.17) is 0 Å². The highest BCUT2D eigenvalue weighted by atomic mass is 19.1. The maximum absolute atomic E-state index is 14.8.